The first kappa shape index (κ1) is 11.0. The molecule has 1 saturated carbocycles. The third-order valence-electron chi connectivity index (χ3n) is 3.23. The standard InChI is InChI=1S/C11H18ClN3/c1-3-13-6-9-4-5-11(9)15-7-10(12)8(2)14-15/h7,9,11,13H,3-6H2,1-2H3. The summed E-state index contributed by atoms with van der Waals surface area (Å²) in [6.45, 7) is 6.24. The van der Waals surface area contributed by atoms with Crippen LogP contribution in [0.5, 0.6) is 0 Å². The van der Waals surface area contributed by atoms with Gasteiger partial charge in [0.15, 0.2) is 0 Å². The highest BCUT2D eigenvalue weighted by molar-refractivity contribution is 6.31. The highest BCUT2D eigenvalue weighted by Gasteiger charge is 2.32. The van der Waals surface area contributed by atoms with E-state index in [2.05, 4.69) is 17.3 Å². The quantitative estimate of drug-likeness (QED) is 0.856. The largest absolute Gasteiger partial charge is 0.317 e. The molecule has 3 nitrogen and oxygen atoms in total. The lowest BCUT2D eigenvalue weighted by Gasteiger charge is -2.36. The van der Waals surface area contributed by atoms with Crippen LogP contribution in [0.1, 0.15) is 31.5 Å². The molecule has 2 atom stereocenters. The Labute approximate surface area is 95.8 Å². The molecule has 1 aliphatic carbocycles. The molecular formula is C11H18ClN3. The van der Waals surface area contributed by atoms with Gasteiger partial charge in [0.1, 0.15) is 0 Å². The Hall–Kier alpha value is -0.540. The van der Waals surface area contributed by atoms with Crippen LogP contribution >= 0.6 is 11.6 Å². The lowest BCUT2D eigenvalue weighted by Crippen LogP contribution is -2.37. The molecule has 1 fully saturated rings. The SMILES string of the molecule is CCNCC1CCC1n1cc(Cl)c(C)n1. The number of nitrogens with one attached hydrogen (secondary N) is 1. The fraction of sp³-hybridized carbons (Fsp3) is 0.727. The Bertz CT molecular complexity index is 315. The molecule has 4 heteroatoms. The monoisotopic (exact) mass is 227 g/mol. The molecular weight excluding hydrogens is 210 g/mol. The summed E-state index contributed by atoms with van der Waals surface area (Å²) in [6, 6.07) is 0.551. The second-order valence-corrected chi connectivity index (χ2v) is 4.66. The van der Waals surface area contributed by atoms with Crippen LogP contribution in [0.2, 0.25) is 5.02 Å². The van der Waals surface area contributed by atoms with Gasteiger partial charge in [0.25, 0.3) is 0 Å². The molecule has 1 aromatic rings. The highest BCUT2D eigenvalue weighted by atomic mass is 35.5. The van der Waals surface area contributed by atoms with E-state index in [-0.39, 0.29) is 0 Å². The van der Waals surface area contributed by atoms with Crippen LogP contribution in [-0.4, -0.2) is 22.9 Å². The highest BCUT2D eigenvalue weighted by Crippen LogP contribution is 2.38. The van der Waals surface area contributed by atoms with Gasteiger partial charge in [0.2, 0.25) is 0 Å². The van der Waals surface area contributed by atoms with E-state index in [1.165, 1.54) is 12.8 Å². The molecule has 0 spiro atoms. The van der Waals surface area contributed by atoms with Crippen LogP contribution < -0.4 is 5.32 Å². The summed E-state index contributed by atoms with van der Waals surface area (Å²) in [4.78, 5) is 0. The number of aromatic nitrogens is 2. The Morgan fingerprint density at radius 1 is 1.60 bits per heavy atom. The van der Waals surface area contributed by atoms with Crippen molar-refractivity contribution < 1.29 is 0 Å². The molecule has 1 heterocycles. The molecule has 1 aromatic heterocycles. The minimum Gasteiger partial charge on any atom is -0.317 e. The molecule has 84 valence electrons. The van der Waals surface area contributed by atoms with E-state index in [0.717, 1.165) is 29.7 Å². The summed E-state index contributed by atoms with van der Waals surface area (Å²) >= 11 is 6.01. The van der Waals surface area contributed by atoms with Crippen molar-refractivity contribution in [1.29, 1.82) is 0 Å². The molecule has 0 bridgehead atoms. The summed E-state index contributed by atoms with van der Waals surface area (Å²) in [5.74, 6) is 0.723. The van der Waals surface area contributed by atoms with Crippen molar-refractivity contribution in [3.8, 4) is 0 Å². The van der Waals surface area contributed by atoms with E-state index in [0.29, 0.717) is 6.04 Å². The van der Waals surface area contributed by atoms with Crippen LogP contribution in [0.3, 0.4) is 0 Å². The maximum absolute atomic E-state index is 6.01. The van der Waals surface area contributed by atoms with Crippen molar-refractivity contribution in [3.63, 3.8) is 0 Å². The van der Waals surface area contributed by atoms with Gasteiger partial charge in [-0.25, -0.2) is 0 Å². The number of hydrogen-bond donors (Lipinski definition) is 1. The maximum Gasteiger partial charge on any atom is 0.0815 e. The average molecular weight is 228 g/mol. The molecule has 0 radical (unpaired) electrons. The number of aryl methyl sites for hydroxylation is 1. The van der Waals surface area contributed by atoms with Gasteiger partial charge in [-0.2, -0.15) is 5.10 Å². The van der Waals surface area contributed by atoms with Crippen molar-refractivity contribution in [2.24, 2.45) is 5.92 Å². The molecule has 1 aliphatic rings. The summed E-state index contributed by atoms with van der Waals surface area (Å²) in [5.41, 5.74) is 0.936. The topological polar surface area (TPSA) is 29.9 Å². The smallest absolute Gasteiger partial charge is 0.0815 e. The predicted octanol–water partition coefficient (Wildman–Crippen LogP) is 2.41. The summed E-state index contributed by atoms with van der Waals surface area (Å²) in [6.07, 6.45) is 4.49. The van der Waals surface area contributed by atoms with Gasteiger partial charge < -0.3 is 5.32 Å². The van der Waals surface area contributed by atoms with Gasteiger partial charge in [0, 0.05) is 6.20 Å². The Kier molecular flexibility index (Phi) is 3.32. The number of hydrogen-bond acceptors (Lipinski definition) is 2. The Morgan fingerprint density at radius 2 is 2.40 bits per heavy atom. The second-order valence-electron chi connectivity index (χ2n) is 4.25. The van der Waals surface area contributed by atoms with Gasteiger partial charge in [-0.05, 0) is 38.8 Å². The van der Waals surface area contributed by atoms with Gasteiger partial charge in [-0.3, -0.25) is 4.68 Å². The van der Waals surface area contributed by atoms with Gasteiger partial charge in [-0.1, -0.05) is 18.5 Å². The molecule has 2 unspecified atom stereocenters. The molecule has 0 amide bonds. The predicted molar refractivity (Wildman–Crippen MR) is 62.3 cm³/mol. The zero-order chi connectivity index (χ0) is 10.8. The van der Waals surface area contributed by atoms with E-state index in [1.807, 2.05) is 17.8 Å². The average Bonchev–Trinajstić information content (AvgIpc) is 2.45. The lowest BCUT2D eigenvalue weighted by molar-refractivity contribution is 0.163. The third kappa shape index (κ3) is 2.18. The van der Waals surface area contributed by atoms with E-state index in [4.69, 9.17) is 11.6 Å². The zero-order valence-corrected chi connectivity index (χ0v) is 10.1. The van der Waals surface area contributed by atoms with Gasteiger partial charge >= 0.3 is 0 Å². The minimum atomic E-state index is 0.551. The number of halogens is 1. The molecule has 0 aromatic carbocycles. The van der Waals surface area contributed by atoms with Crippen molar-refractivity contribution in [2.45, 2.75) is 32.7 Å². The van der Waals surface area contributed by atoms with E-state index >= 15 is 0 Å². The molecule has 0 aliphatic heterocycles. The molecule has 0 saturated heterocycles. The lowest BCUT2D eigenvalue weighted by atomic mass is 9.79. The van der Waals surface area contributed by atoms with E-state index in [9.17, 15) is 0 Å². The summed E-state index contributed by atoms with van der Waals surface area (Å²) in [5, 5.41) is 8.63. The van der Waals surface area contributed by atoms with Crippen molar-refractivity contribution in [3.05, 3.63) is 16.9 Å². The molecule has 15 heavy (non-hydrogen) atoms. The first-order chi connectivity index (χ1) is 7.22. The first-order valence-corrected chi connectivity index (χ1v) is 6.02. The first-order valence-electron chi connectivity index (χ1n) is 5.64. The van der Waals surface area contributed by atoms with Crippen LogP contribution in [0.4, 0.5) is 0 Å². The third-order valence-corrected chi connectivity index (χ3v) is 3.60. The van der Waals surface area contributed by atoms with Crippen molar-refractivity contribution in [1.82, 2.24) is 15.1 Å². The maximum atomic E-state index is 6.01. The normalized spacial score (nSPS) is 25.3. The van der Waals surface area contributed by atoms with Crippen molar-refractivity contribution >= 4 is 11.6 Å². The number of nitrogens with zero attached hydrogens (tertiary/aromatic N) is 2. The fourth-order valence-electron chi connectivity index (χ4n) is 2.10. The summed E-state index contributed by atoms with van der Waals surface area (Å²) in [7, 11) is 0. The van der Waals surface area contributed by atoms with Gasteiger partial charge in [0.05, 0.1) is 16.8 Å². The van der Waals surface area contributed by atoms with E-state index < -0.39 is 0 Å². The van der Waals surface area contributed by atoms with Crippen LogP contribution in [0.15, 0.2) is 6.20 Å². The fourth-order valence-corrected chi connectivity index (χ4v) is 2.23. The van der Waals surface area contributed by atoms with Crippen LogP contribution in [0.25, 0.3) is 0 Å². The van der Waals surface area contributed by atoms with Crippen molar-refractivity contribution in [2.75, 3.05) is 13.1 Å². The van der Waals surface area contributed by atoms with Crippen LogP contribution in [0, 0.1) is 12.8 Å². The minimum absolute atomic E-state index is 0.551. The van der Waals surface area contributed by atoms with Gasteiger partial charge in [-0.15, -0.1) is 0 Å². The van der Waals surface area contributed by atoms with Crippen LogP contribution in [-0.2, 0) is 0 Å². The molecule has 1 N–H and O–H groups in total. The number of rotatable bonds is 4. The Morgan fingerprint density at radius 3 is 2.87 bits per heavy atom. The van der Waals surface area contributed by atoms with E-state index in [1.54, 1.807) is 0 Å². The zero-order valence-electron chi connectivity index (χ0n) is 9.33. The summed E-state index contributed by atoms with van der Waals surface area (Å²) < 4.78 is 2.04. The molecule has 2 rings (SSSR count). The second kappa shape index (κ2) is 4.54. The Balaban J connectivity index is 1.99.